The molecule has 1 aliphatic carbocycles. The van der Waals surface area contributed by atoms with E-state index >= 15 is 0 Å². The second-order valence-electron chi connectivity index (χ2n) is 6.48. The fourth-order valence-electron chi connectivity index (χ4n) is 2.61. The van der Waals surface area contributed by atoms with E-state index in [-0.39, 0.29) is 23.3 Å². The number of benzene rings is 1. The maximum atomic E-state index is 12.5. The second kappa shape index (κ2) is 8.76. The van der Waals surface area contributed by atoms with Gasteiger partial charge in [0.25, 0.3) is 5.91 Å². The van der Waals surface area contributed by atoms with Gasteiger partial charge < -0.3 is 15.0 Å². The van der Waals surface area contributed by atoms with Crippen molar-refractivity contribution in [3.05, 3.63) is 63.4 Å². The summed E-state index contributed by atoms with van der Waals surface area (Å²) < 4.78 is 5.44. The molecule has 0 aliphatic heterocycles. The SMILES string of the molecule is Cc1cc(=O)[nH]c(SCC(=O)O[C@@H](C(=O)NC2CC2)c2ccccc2)c1C#N. The number of rotatable bonds is 7. The van der Waals surface area contributed by atoms with Crippen LogP contribution >= 0.6 is 11.8 Å². The molecule has 0 radical (unpaired) electrons. The molecular formula is C20H19N3O4S. The molecule has 1 atom stereocenters. The highest BCUT2D eigenvalue weighted by Crippen LogP contribution is 2.25. The molecule has 8 heteroatoms. The van der Waals surface area contributed by atoms with Crippen molar-refractivity contribution in [1.29, 1.82) is 5.26 Å². The summed E-state index contributed by atoms with van der Waals surface area (Å²) >= 11 is 0.999. The number of carbonyl (C=O) groups is 2. The molecule has 1 aliphatic rings. The largest absolute Gasteiger partial charge is 0.447 e. The predicted molar refractivity (Wildman–Crippen MR) is 104 cm³/mol. The van der Waals surface area contributed by atoms with Gasteiger partial charge in [0.15, 0.2) is 0 Å². The number of carbonyl (C=O) groups excluding carboxylic acids is 2. The Kier molecular flexibility index (Phi) is 6.16. The average molecular weight is 397 g/mol. The lowest BCUT2D eigenvalue weighted by Gasteiger charge is -2.18. The first-order valence-corrected chi connectivity index (χ1v) is 9.78. The number of esters is 1. The third kappa shape index (κ3) is 5.02. The van der Waals surface area contributed by atoms with Gasteiger partial charge in [0.05, 0.1) is 16.3 Å². The first-order chi connectivity index (χ1) is 13.5. The minimum absolute atomic E-state index is 0.141. The number of nitrogens with zero attached hydrogens (tertiary/aromatic N) is 1. The van der Waals surface area contributed by atoms with Gasteiger partial charge in [-0.25, -0.2) is 0 Å². The van der Waals surface area contributed by atoms with Crippen molar-refractivity contribution in [3.63, 3.8) is 0 Å². The summed E-state index contributed by atoms with van der Waals surface area (Å²) in [5, 5.41) is 12.4. The van der Waals surface area contributed by atoms with Gasteiger partial charge in [-0.1, -0.05) is 42.1 Å². The van der Waals surface area contributed by atoms with Crippen molar-refractivity contribution < 1.29 is 14.3 Å². The predicted octanol–water partition coefficient (Wildman–Crippen LogP) is 2.21. The average Bonchev–Trinajstić information content (AvgIpc) is 3.48. The Bertz CT molecular complexity index is 977. The summed E-state index contributed by atoms with van der Waals surface area (Å²) in [6.45, 7) is 1.66. The van der Waals surface area contributed by atoms with Crippen molar-refractivity contribution in [3.8, 4) is 6.07 Å². The van der Waals surface area contributed by atoms with E-state index in [2.05, 4.69) is 10.3 Å². The number of thioether (sulfide) groups is 1. The highest BCUT2D eigenvalue weighted by Gasteiger charge is 2.30. The zero-order valence-corrected chi connectivity index (χ0v) is 16.0. The molecule has 144 valence electrons. The van der Waals surface area contributed by atoms with Crippen LogP contribution in [0, 0.1) is 18.3 Å². The van der Waals surface area contributed by atoms with Crippen molar-refractivity contribution in [1.82, 2.24) is 10.3 Å². The third-order valence-corrected chi connectivity index (χ3v) is 5.14. The van der Waals surface area contributed by atoms with Crippen LogP contribution < -0.4 is 10.9 Å². The highest BCUT2D eigenvalue weighted by molar-refractivity contribution is 7.99. The number of H-pyrrole nitrogens is 1. The molecule has 0 bridgehead atoms. The van der Waals surface area contributed by atoms with Gasteiger partial charge in [-0.3, -0.25) is 14.4 Å². The molecule has 0 unspecified atom stereocenters. The maximum Gasteiger partial charge on any atom is 0.317 e. The molecule has 1 fully saturated rings. The van der Waals surface area contributed by atoms with Gasteiger partial charge in [0, 0.05) is 17.7 Å². The summed E-state index contributed by atoms with van der Waals surface area (Å²) in [6, 6.07) is 12.3. The molecule has 3 rings (SSSR count). The normalized spacial score (nSPS) is 14.0. The van der Waals surface area contributed by atoms with Gasteiger partial charge >= 0.3 is 5.97 Å². The topological polar surface area (TPSA) is 112 Å². The van der Waals surface area contributed by atoms with Crippen LogP contribution in [0.15, 0.2) is 46.2 Å². The molecule has 0 saturated heterocycles. The third-order valence-electron chi connectivity index (χ3n) is 4.17. The molecular weight excluding hydrogens is 378 g/mol. The van der Waals surface area contributed by atoms with Crippen LogP contribution in [-0.2, 0) is 14.3 Å². The van der Waals surface area contributed by atoms with Crippen LogP contribution in [0.3, 0.4) is 0 Å². The maximum absolute atomic E-state index is 12.5. The summed E-state index contributed by atoms with van der Waals surface area (Å²) in [4.78, 5) is 39.1. The summed E-state index contributed by atoms with van der Waals surface area (Å²) in [5.41, 5.74) is 1.08. The fourth-order valence-corrected chi connectivity index (χ4v) is 3.46. The van der Waals surface area contributed by atoms with E-state index in [1.807, 2.05) is 12.1 Å². The lowest BCUT2D eigenvalue weighted by atomic mass is 10.1. The van der Waals surface area contributed by atoms with Crippen LogP contribution in [0.5, 0.6) is 0 Å². The molecule has 2 aromatic rings. The summed E-state index contributed by atoms with van der Waals surface area (Å²) in [7, 11) is 0. The Morgan fingerprint density at radius 3 is 2.71 bits per heavy atom. The van der Waals surface area contributed by atoms with Gasteiger partial charge in [0.1, 0.15) is 6.07 Å². The van der Waals surface area contributed by atoms with Crippen LogP contribution in [0.2, 0.25) is 0 Å². The standard InChI is InChI=1S/C20H19N3O4S/c1-12-9-16(24)23-20(15(12)10-21)28-11-17(25)27-18(13-5-3-2-4-6-13)19(26)22-14-7-8-14/h2-6,9,14,18H,7-8,11H2,1H3,(H,22,26)(H,23,24)/t18-/m1/s1. The number of ether oxygens (including phenoxy) is 1. The van der Waals surface area contributed by atoms with Gasteiger partial charge in [-0.15, -0.1) is 0 Å². The van der Waals surface area contributed by atoms with E-state index < -0.39 is 12.1 Å². The number of pyridine rings is 1. The van der Waals surface area contributed by atoms with E-state index in [0.29, 0.717) is 21.7 Å². The number of nitriles is 1. The number of nitrogens with one attached hydrogen (secondary N) is 2. The van der Waals surface area contributed by atoms with Crippen molar-refractivity contribution in [2.45, 2.75) is 36.9 Å². The van der Waals surface area contributed by atoms with Crippen LogP contribution in [0.25, 0.3) is 0 Å². The van der Waals surface area contributed by atoms with Crippen molar-refractivity contribution in [2.24, 2.45) is 0 Å². The molecule has 1 saturated carbocycles. The zero-order chi connectivity index (χ0) is 20.1. The number of aryl methyl sites for hydroxylation is 1. The van der Waals surface area contributed by atoms with Gasteiger partial charge in [-0.2, -0.15) is 5.26 Å². The van der Waals surface area contributed by atoms with Gasteiger partial charge in [0.2, 0.25) is 11.7 Å². The number of hydrogen-bond acceptors (Lipinski definition) is 6. The molecule has 7 nitrogen and oxygen atoms in total. The fraction of sp³-hybridized carbons (Fsp3) is 0.300. The van der Waals surface area contributed by atoms with Crippen molar-refractivity contribution in [2.75, 3.05) is 5.75 Å². The number of aromatic amines is 1. The van der Waals surface area contributed by atoms with Crippen LogP contribution in [-0.4, -0.2) is 28.7 Å². The molecule has 1 amide bonds. The van der Waals surface area contributed by atoms with Crippen LogP contribution in [0.1, 0.15) is 35.6 Å². The monoisotopic (exact) mass is 397 g/mol. The molecule has 2 N–H and O–H groups in total. The van der Waals surface area contributed by atoms with E-state index in [4.69, 9.17) is 4.74 Å². The Morgan fingerprint density at radius 2 is 2.07 bits per heavy atom. The number of amides is 1. The molecule has 28 heavy (non-hydrogen) atoms. The summed E-state index contributed by atoms with van der Waals surface area (Å²) in [6.07, 6.45) is 0.811. The number of aromatic nitrogens is 1. The molecule has 1 aromatic heterocycles. The van der Waals surface area contributed by atoms with E-state index in [1.54, 1.807) is 31.2 Å². The van der Waals surface area contributed by atoms with Gasteiger partial charge in [-0.05, 0) is 25.3 Å². The molecule has 1 heterocycles. The Labute approximate surface area is 166 Å². The van der Waals surface area contributed by atoms with E-state index in [0.717, 1.165) is 24.6 Å². The Hall–Kier alpha value is -3.05. The highest BCUT2D eigenvalue weighted by atomic mass is 32.2. The quantitative estimate of drug-likeness (QED) is 0.547. The van der Waals surface area contributed by atoms with E-state index in [1.165, 1.54) is 6.07 Å². The Balaban J connectivity index is 1.70. The lowest BCUT2D eigenvalue weighted by molar-refractivity contribution is -0.154. The summed E-state index contributed by atoms with van der Waals surface area (Å²) in [5.74, 6) is -1.11. The first-order valence-electron chi connectivity index (χ1n) is 8.79. The molecule has 0 spiro atoms. The smallest absolute Gasteiger partial charge is 0.317 e. The van der Waals surface area contributed by atoms with E-state index in [9.17, 15) is 19.6 Å². The Morgan fingerprint density at radius 1 is 1.36 bits per heavy atom. The number of hydrogen-bond donors (Lipinski definition) is 2. The minimum Gasteiger partial charge on any atom is -0.447 e. The zero-order valence-electron chi connectivity index (χ0n) is 15.2. The lowest BCUT2D eigenvalue weighted by Crippen LogP contribution is -2.33. The van der Waals surface area contributed by atoms with Crippen LogP contribution in [0.4, 0.5) is 0 Å². The molecule has 1 aromatic carbocycles. The van der Waals surface area contributed by atoms with Crippen molar-refractivity contribution >= 4 is 23.6 Å². The minimum atomic E-state index is -1.04. The first kappa shape index (κ1) is 19.7. The second-order valence-corrected chi connectivity index (χ2v) is 7.47.